The number of hydrogen-bond donors (Lipinski definition) is 0. The van der Waals surface area contributed by atoms with Crippen LogP contribution < -0.4 is 15.2 Å². The highest BCUT2D eigenvalue weighted by Gasteiger charge is 2.63. The molecule has 1 unspecified atom stereocenters. The zero-order valence-corrected chi connectivity index (χ0v) is 24.8. The van der Waals surface area contributed by atoms with E-state index in [0.717, 1.165) is 42.4 Å². The van der Waals surface area contributed by atoms with Crippen molar-refractivity contribution in [1.29, 1.82) is 0 Å². The average Bonchev–Trinajstić information content (AvgIpc) is 3.56. The predicted octanol–water partition coefficient (Wildman–Crippen LogP) is 4.56. The smallest absolute Gasteiger partial charge is 0.451 e. The zero-order chi connectivity index (χ0) is 30.2. The minimum atomic E-state index is -0.986. The summed E-state index contributed by atoms with van der Waals surface area (Å²) in [7, 11) is 1.16. The maximum absolute atomic E-state index is 16.2. The lowest BCUT2D eigenvalue weighted by atomic mass is 9.71. The Kier molecular flexibility index (Phi) is 6.42. The molecule has 8 rings (SSSR count). The summed E-state index contributed by atoms with van der Waals surface area (Å²) in [4.78, 5) is 42.1. The second kappa shape index (κ2) is 10.3. The van der Waals surface area contributed by atoms with E-state index < -0.39 is 30.6 Å². The molecule has 1 aromatic heterocycles. The Morgan fingerprint density at radius 3 is 2.84 bits per heavy atom. The molecule has 5 aliphatic heterocycles. The maximum Gasteiger partial charge on any atom is 0.510 e. The molecule has 3 saturated heterocycles. The SMILES string of the molecule is COC(=O)OCOc1c2n(ccc1=O)N(C1c3ccccc3SCc3cccc(F)c31)[C@@H]1[C@H]3C[C@@H]4CC[C@@]3(CCN1C2=O)O4. The first-order valence-corrected chi connectivity index (χ1v) is 15.7. The highest BCUT2D eigenvalue weighted by Crippen LogP contribution is 2.57. The summed E-state index contributed by atoms with van der Waals surface area (Å²) in [6, 6.07) is 13.8. The van der Waals surface area contributed by atoms with Gasteiger partial charge in [-0.25, -0.2) is 9.18 Å². The lowest BCUT2D eigenvalue weighted by molar-refractivity contribution is -0.0758. The van der Waals surface area contributed by atoms with Crippen molar-refractivity contribution >= 4 is 23.8 Å². The van der Waals surface area contributed by atoms with E-state index in [1.165, 1.54) is 12.1 Å². The number of aromatic nitrogens is 1. The molecule has 1 amide bonds. The standard InChI is InChI=1S/C32H30FN3O7S/c1-40-31(39)42-17-41-28-23(37)10-13-35-27(28)30(38)34-14-12-32-11-9-19(43-32)15-21(32)29(34)36(35)26-20-6-2-3-8-24(20)44-16-18-5-4-7-22(33)25(18)26/h2-8,10,13,19,21,26,29H,9,11-12,14-17H2,1H3/t19-,21+,26?,29+,32-/m0/s1. The van der Waals surface area contributed by atoms with Crippen LogP contribution in [0.1, 0.15) is 58.9 Å². The molecule has 3 aromatic rings. The van der Waals surface area contributed by atoms with Crippen molar-refractivity contribution in [2.24, 2.45) is 5.92 Å². The van der Waals surface area contributed by atoms with Crippen molar-refractivity contribution in [3.05, 3.63) is 93.2 Å². The van der Waals surface area contributed by atoms with Crippen molar-refractivity contribution < 1.29 is 32.9 Å². The minimum absolute atomic E-state index is 0.00508. The summed E-state index contributed by atoms with van der Waals surface area (Å²) in [5, 5.41) is 2.06. The molecule has 5 aliphatic rings. The van der Waals surface area contributed by atoms with Gasteiger partial charge in [0.05, 0.1) is 18.8 Å². The van der Waals surface area contributed by atoms with E-state index >= 15 is 4.39 Å². The number of halogens is 1. The Balaban J connectivity index is 1.37. The summed E-state index contributed by atoms with van der Waals surface area (Å²) in [6.45, 7) is -0.227. The summed E-state index contributed by atoms with van der Waals surface area (Å²) >= 11 is 1.65. The van der Waals surface area contributed by atoms with Gasteiger partial charge in [-0.3, -0.25) is 19.3 Å². The number of piperidine rings is 1. The van der Waals surface area contributed by atoms with Crippen LogP contribution in [0.15, 0.2) is 64.4 Å². The highest BCUT2D eigenvalue weighted by atomic mass is 32.2. The topological polar surface area (TPSA) is 99.5 Å². The molecule has 228 valence electrons. The third-order valence-electron chi connectivity index (χ3n) is 9.78. The number of rotatable bonds is 4. The zero-order valence-electron chi connectivity index (χ0n) is 23.9. The van der Waals surface area contributed by atoms with Gasteiger partial charge in [0.2, 0.25) is 18.0 Å². The quantitative estimate of drug-likeness (QED) is 0.307. The number of fused-ring (bicyclic) bond motifs is 6. The maximum atomic E-state index is 16.2. The molecule has 1 spiro atoms. The Labute approximate surface area is 256 Å². The Bertz CT molecular complexity index is 1750. The van der Waals surface area contributed by atoms with Gasteiger partial charge in [-0.15, -0.1) is 11.8 Å². The normalized spacial score (nSPS) is 27.8. The van der Waals surface area contributed by atoms with Gasteiger partial charge in [-0.2, -0.15) is 0 Å². The lowest BCUT2D eigenvalue weighted by Gasteiger charge is -2.57. The first kappa shape index (κ1) is 27.5. The van der Waals surface area contributed by atoms with E-state index in [1.807, 2.05) is 30.3 Å². The van der Waals surface area contributed by atoms with Crippen LogP contribution in [0.25, 0.3) is 0 Å². The number of carbonyl (C=O) groups is 2. The van der Waals surface area contributed by atoms with Gasteiger partial charge in [-0.1, -0.05) is 30.3 Å². The van der Waals surface area contributed by atoms with Crippen molar-refractivity contribution in [1.82, 2.24) is 9.58 Å². The lowest BCUT2D eigenvalue weighted by Crippen LogP contribution is -2.70. The summed E-state index contributed by atoms with van der Waals surface area (Å²) in [5.74, 6) is -0.416. The van der Waals surface area contributed by atoms with Crippen LogP contribution in [0.2, 0.25) is 0 Å². The summed E-state index contributed by atoms with van der Waals surface area (Å²) in [5.41, 5.74) is 1.38. The predicted molar refractivity (Wildman–Crippen MR) is 157 cm³/mol. The van der Waals surface area contributed by atoms with Gasteiger partial charge < -0.3 is 23.8 Å². The molecule has 6 heterocycles. The molecule has 2 aromatic carbocycles. The van der Waals surface area contributed by atoms with Gasteiger partial charge in [0.15, 0.2) is 5.69 Å². The second-order valence-corrected chi connectivity index (χ2v) is 12.8. The number of methoxy groups -OCH3 is 1. The minimum Gasteiger partial charge on any atom is -0.451 e. The number of thioether (sulfide) groups is 1. The number of benzene rings is 2. The number of pyridine rings is 1. The van der Waals surface area contributed by atoms with E-state index in [0.29, 0.717) is 24.3 Å². The van der Waals surface area contributed by atoms with Crippen LogP contribution in [0.3, 0.4) is 0 Å². The molecule has 0 aliphatic carbocycles. The van der Waals surface area contributed by atoms with Crippen LogP contribution in [0.5, 0.6) is 5.75 Å². The molecule has 12 heteroatoms. The Hall–Kier alpha value is -4.03. The molecular formula is C32H30FN3O7S. The molecule has 0 radical (unpaired) electrons. The van der Waals surface area contributed by atoms with E-state index in [-0.39, 0.29) is 40.8 Å². The first-order valence-electron chi connectivity index (χ1n) is 14.8. The van der Waals surface area contributed by atoms with Gasteiger partial charge in [0.25, 0.3) is 5.91 Å². The third-order valence-corrected chi connectivity index (χ3v) is 10.9. The molecular weight excluding hydrogens is 589 g/mol. The number of hydrogen-bond acceptors (Lipinski definition) is 9. The molecule has 10 nitrogen and oxygen atoms in total. The van der Waals surface area contributed by atoms with E-state index in [9.17, 15) is 14.4 Å². The number of amides is 1. The molecule has 2 bridgehead atoms. The molecule has 0 N–H and O–H groups in total. The second-order valence-electron chi connectivity index (χ2n) is 11.8. The van der Waals surface area contributed by atoms with E-state index in [4.69, 9.17) is 14.2 Å². The van der Waals surface area contributed by atoms with Crippen molar-refractivity contribution in [2.45, 2.75) is 60.2 Å². The molecule has 3 fully saturated rings. The van der Waals surface area contributed by atoms with E-state index in [2.05, 4.69) is 9.75 Å². The molecule has 0 saturated carbocycles. The van der Waals surface area contributed by atoms with E-state index in [1.54, 1.807) is 33.6 Å². The summed E-state index contributed by atoms with van der Waals surface area (Å²) < 4.78 is 39.5. The molecule has 5 atom stereocenters. The van der Waals surface area contributed by atoms with Gasteiger partial charge >= 0.3 is 6.16 Å². The highest BCUT2D eigenvalue weighted by molar-refractivity contribution is 7.98. The molecule has 44 heavy (non-hydrogen) atoms. The fraction of sp³-hybridized carbons (Fsp3) is 0.406. The Morgan fingerprint density at radius 2 is 2.00 bits per heavy atom. The van der Waals surface area contributed by atoms with Crippen LogP contribution in [0, 0.1) is 11.7 Å². The number of ether oxygens (including phenoxy) is 4. The van der Waals surface area contributed by atoms with Gasteiger partial charge in [0, 0.05) is 40.9 Å². The van der Waals surface area contributed by atoms with Crippen LogP contribution in [-0.2, 0) is 20.0 Å². The number of carbonyl (C=O) groups excluding carboxylic acids is 2. The monoisotopic (exact) mass is 619 g/mol. The Morgan fingerprint density at radius 1 is 1.14 bits per heavy atom. The van der Waals surface area contributed by atoms with Crippen LogP contribution in [0.4, 0.5) is 9.18 Å². The largest absolute Gasteiger partial charge is 0.510 e. The van der Waals surface area contributed by atoms with Crippen molar-refractivity contribution in [3.63, 3.8) is 0 Å². The van der Waals surface area contributed by atoms with Gasteiger partial charge in [-0.05, 0) is 48.9 Å². The van der Waals surface area contributed by atoms with Crippen molar-refractivity contribution in [2.75, 3.05) is 25.5 Å². The van der Waals surface area contributed by atoms with Crippen LogP contribution in [-0.4, -0.2) is 60.0 Å². The number of nitrogens with zero attached hydrogens (tertiary/aromatic N) is 3. The third kappa shape index (κ3) is 4.00. The van der Waals surface area contributed by atoms with Crippen molar-refractivity contribution in [3.8, 4) is 5.75 Å². The average molecular weight is 620 g/mol. The fourth-order valence-corrected chi connectivity index (χ4v) is 9.06. The van der Waals surface area contributed by atoms with Crippen LogP contribution >= 0.6 is 11.8 Å². The summed E-state index contributed by atoms with van der Waals surface area (Å²) in [6.07, 6.45) is 3.56. The fourth-order valence-electron chi connectivity index (χ4n) is 7.97. The van der Waals surface area contributed by atoms with Gasteiger partial charge in [0.1, 0.15) is 18.0 Å². The first-order chi connectivity index (χ1) is 21.4.